The largest absolute Gasteiger partial charge is 0.497 e. The number of esters is 2. The Balaban J connectivity index is 1.48. The van der Waals surface area contributed by atoms with Gasteiger partial charge in [-0.05, 0) is 85.8 Å². The molecule has 2 heterocycles. The third kappa shape index (κ3) is 5.95. The number of fused-ring (bicyclic) bond motifs is 1. The SMILES string of the molecule is CCOC(=O)C1=C(C)N=c2s/c(=C\c3ccc(OC(=O)c4ccc(OC)cc4)cc3)c(=O)n2[C@@H]1c1ccc(SC)cc1. The summed E-state index contributed by atoms with van der Waals surface area (Å²) in [6, 6.07) is 20.6. The van der Waals surface area contributed by atoms with Crippen LogP contribution in [-0.4, -0.2) is 36.5 Å². The second-order valence-corrected chi connectivity index (χ2v) is 11.2. The molecule has 42 heavy (non-hydrogen) atoms. The number of thioether (sulfide) groups is 1. The minimum atomic E-state index is -0.668. The van der Waals surface area contributed by atoms with Crippen molar-refractivity contribution in [3.8, 4) is 11.5 Å². The minimum Gasteiger partial charge on any atom is -0.497 e. The van der Waals surface area contributed by atoms with Crippen molar-refractivity contribution in [3.63, 3.8) is 0 Å². The molecule has 0 fully saturated rings. The van der Waals surface area contributed by atoms with Crippen LogP contribution in [-0.2, 0) is 9.53 Å². The summed E-state index contributed by atoms with van der Waals surface area (Å²) in [5, 5.41) is 0. The van der Waals surface area contributed by atoms with Crippen molar-refractivity contribution in [1.29, 1.82) is 0 Å². The van der Waals surface area contributed by atoms with Gasteiger partial charge in [0.1, 0.15) is 11.5 Å². The molecule has 1 aromatic heterocycles. The number of methoxy groups -OCH3 is 1. The molecule has 0 radical (unpaired) electrons. The van der Waals surface area contributed by atoms with Gasteiger partial charge >= 0.3 is 11.9 Å². The van der Waals surface area contributed by atoms with Gasteiger partial charge in [-0.3, -0.25) is 9.36 Å². The molecule has 4 aromatic rings. The van der Waals surface area contributed by atoms with E-state index >= 15 is 0 Å². The van der Waals surface area contributed by atoms with Gasteiger partial charge in [-0.1, -0.05) is 35.6 Å². The molecule has 1 aliphatic rings. The number of carbonyl (C=O) groups excluding carboxylic acids is 2. The highest BCUT2D eigenvalue weighted by Gasteiger charge is 2.33. The third-order valence-corrected chi connectivity index (χ3v) is 8.39. The summed E-state index contributed by atoms with van der Waals surface area (Å²) in [7, 11) is 1.56. The fraction of sp³-hybridized carbons (Fsp3) is 0.188. The molecule has 214 valence electrons. The third-order valence-electron chi connectivity index (χ3n) is 6.66. The molecule has 0 saturated heterocycles. The molecule has 0 spiro atoms. The summed E-state index contributed by atoms with van der Waals surface area (Å²) in [4.78, 5) is 45.6. The van der Waals surface area contributed by atoms with Crippen molar-refractivity contribution in [1.82, 2.24) is 4.57 Å². The van der Waals surface area contributed by atoms with Gasteiger partial charge in [-0.25, -0.2) is 14.6 Å². The van der Waals surface area contributed by atoms with E-state index in [-0.39, 0.29) is 12.2 Å². The molecule has 8 nitrogen and oxygen atoms in total. The molecule has 10 heteroatoms. The van der Waals surface area contributed by atoms with Crippen molar-refractivity contribution >= 4 is 41.1 Å². The Labute approximate surface area is 250 Å². The molecular weight excluding hydrogens is 572 g/mol. The van der Waals surface area contributed by atoms with E-state index in [0.717, 1.165) is 16.0 Å². The molecule has 1 atom stereocenters. The zero-order valence-electron chi connectivity index (χ0n) is 23.5. The summed E-state index contributed by atoms with van der Waals surface area (Å²) in [5.74, 6) is 0.0369. The average Bonchev–Trinajstić information content (AvgIpc) is 3.31. The molecular formula is C32H28N2O6S2. The van der Waals surface area contributed by atoms with Gasteiger partial charge < -0.3 is 14.2 Å². The lowest BCUT2D eigenvalue weighted by molar-refractivity contribution is -0.139. The van der Waals surface area contributed by atoms with Crippen molar-refractivity contribution in [3.05, 3.63) is 120 Å². The highest BCUT2D eigenvalue weighted by Crippen LogP contribution is 2.31. The van der Waals surface area contributed by atoms with E-state index < -0.39 is 18.0 Å². The summed E-state index contributed by atoms with van der Waals surface area (Å²) in [5.41, 5.74) is 2.53. The van der Waals surface area contributed by atoms with Crippen LogP contribution in [0.1, 0.15) is 41.4 Å². The van der Waals surface area contributed by atoms with Crippen LogP contribution >= 0.6 is 23.1 Å². The quantitative estimate of drug-likeness (QED) is 0.164. The maximum atomic E-state index is 13.8. The van der Waals surface area contributed by atoms with Crippen molar-refractivity contribution in [2.75, 3.05) is 20.0 Å². The number of aromatic nitrogens is 1. The first-order valence-electron chi connectivity index (χ1n) is 13.1. The van der Waals surface area contributed by atoms with Crippen LogP contribution in [0.5, 0.6) is 11.5 Å². The van der Waals surface area contributed by atoms with E-state index in [4.69, 9.17) is 14.2 Å². The Morgan fingerprint density at radius 1 is 0.976 bits per heavy atom. The van der Waals surface area contributed by atoms with Crippen molar-refractivity contribution in [2.24, 2.45) is 4.99 Å². The standard InChI is InChI=1S/C32H28N2O6S2/c1-5-39-31(37)27-19(2)33-32-34(28(27)21-10-16-25(41-4)17-11-21)29(35)26(42-32)18-20-6-12-24(13-7-20)40-30(36)22-8-14-23(38-3)15-9-22/h6-18,28H,5H2,1-4H3/b26-18-/t28-/m1/s1. The first-order chi connectivity index (χ1) is 20.3. The van der Waals surface area contributed by atoms with Gasteiger partial charge in [0, 0.05) is 4.90 Å². The molecule has 5 rings (SSSR count). The smallest absolute Gasteiger partial charge is 0.343 e. The molecule has 0 aliphatic carbocycles. The first kappa shape index (κ1) is 29.1. The maximum Gasteiger partial charge on any atom is 0.343 e. The van der Waals surface area contributed by atoms with E-state index in [1.807, 2.05) is 30.5 Å². The number of allylic oxidation sites excluding steroid dienone is 1. The minimum absolute atomic E-state index is 0.212. The number of ether oxygens (including phenoxy) is 3. The fourth-order valence-electron chi connectivity index (χ4n) is 4.57. The van der Waals surface area contributed by atoms with Crippen LogP contribution in [0.25, 0.3) is 6.08 Å². The Hall–Kier alpha value is -4.41. The van der Waals surface area contributed by atoms with Gasteiger partial charge in [0.15, 0.2) is 4.80 Å². The van der Waals surface area contributed by atoms with Gasteiger partial charge in [-0.2, -0.15) is 0 Å². The summed E-state index contributed by atoms with van der Waals surface area (Å²) in [6.07, 6.45) is 3.75. The molecule has 0 unspecified atom stereocenters. The number of thiazole rings is 1. The van der Waals surface area contributed by atoms with Crippen LogP contribution in [0.2, 0.25) is 0 Å². The number of hydrogen-bond acceptors (Lipinski definition) is 9. The molecule has 0 saturated carbocycles. The van der Waals surface area contributed by atoms with Crippen molar-refractivity contribution in [2.45, 2.75) is 24.8 Å². The molecule has 3 aromatic carbocycles. The highest BCUT2D eigenvalue weighted by molar-refractivity contribution is 7.98. The Morgan fingerprint density at radius 3 is 2.26 bits per heavy atom. The number of benzene rings is 3. The van der Waals surface area contributed by atoms with E-state index in [1.54, 1.807) is 91.9 Å². The van der Waals surface area contributed by atoms with Crippen LogP contribution in [0.15, 0.2) is 98.7 Å². The monoisotopic (exact) mass is 600 g/mol. The van der Waals surface area contributed by atoms with E-state index in [0.29, 0.717) is 37.7 Å². The Bertz CT molecular complexity index is 1840. The Morgan fingerprint density at radius 2 is 1.64 bits per heavy atom. The lowest BCUT2D eigenvalue weighted by Gasteiger charge is -2.24. The highest BCUT2D eigenvalue weighted by atomic mass is 32.2. The van der Waals surface area contributed by atoms with Crippen LogP contribution in [0.3, 0.4) is 0 Å². The average molecular weight is 601 g/mol. The Kier molecular flexibility index (Phi) is 8.75. The van der Waals surface area contributed by atoms with Gasteiger partial charge in [0.25, 0.3) is 5.56 Å². The van der Waals surface area contributed by atoms with E-state index in [9.17, 15) is 14.4 Å². The van der Waals surface area contributed by atoms with Gasteiger partial charge in [-0.15, -0.1) is 11.8 Å². The number of nitrogens with zero attached hydrogens (tertiary/aromatic N) is 2. The number of carbonyl (C=O) groups is 2. The second kappa shape index (κ2) is 12.6. The van der Waals surface area contributed by atoms with Crippen LogP contribution in [0.4, 0.5) is 0 Å². The van der Waals surface area contributed by atoms with E-state index in [1.165, 1.54) is 11.3 Å². The first-order valence-corrected chi connectivity index (χ1v) is 15.2. The lowest BCUT2D eigenvalue weighted by atomic mass is 9.96. The fourth-order valence-corrected chi connectivity index (χ4v) is 6.02. The van der Waals surface area contributed by atoms with Crippen LogP contribution in [0, 0.1) is 0 Å². The second-order valence-electron chi connectivity index (χ2n) is 9.26. The summed E-state index contributed by atoms with van der Waals surface area (Å²) < 4.78 is 18.0. The maximum absolute atomic E-state index is 13.8. The summed E-state index contributed by atoms with van der Waals surface area (Å²) >= 11 is 2.86. The molecule has 1 aliphatic heterocycles. The van der Waals surface area contributed by atoms with Gasteiger partial charge in [0.05, 0.1) is 41.1 Å². The normalized spacial score (nSPS) is 14.7. The predicted octanol–water partition coefficient (Wildman–Crippen LogP) is 4.75. The van der Waals surface area contributed by atoms with Crippen LogP contribution < -0.4 is 24.4 Å². The predicted molar refractivity (Wildman–Crippen MR) is 163 cm³/mol. The van der Waals surface area contributed by atoms with Gasteiger partial charge in [0.2, 0.25) is 0 Å². The zero-order chi connectivity index (χ0) is 29.8. The topological polar surface area (TPSA) is 96.2 Å². The van der Waals surface area contributed by atoms with E-state index in [2.05, 4.69) is 4.99 Å². The lowest BCUT2D eigenvalue weighted by Crippen LogP contribution is -2.39. The zero-order valence-corrected chi connectivity index (χ0v) is 25.1. The molecule has 0 bridgehead atoms. The summed E-state index contributed by atoms with van der Waals surface area (Å²) in [6.45, 7) is 3.72. The number of hydrogen-bond donors (Lipinski definition) is 0. The number of rotatable bonds is 8. The molecule has 0 N–H and O–H groups in total. The molecule has 0 amide bonds. The van der Waals surface area contributed by atoms with Crippen molar-refractivity contribution < 1.29 is 23.8 Å².